The van der Waals surface area contributed by atoms with Gasteiger partial charge in [-0.15, -0.1) is 0 Å². The molecule has 2 aromatic rings. The van der Waals surface area contributed by atoms with Gasteiger partial charge in [0.25, 0.3) is 0 Å². The van der Waals surface area contributed by atoms with Crippen LogP contribution in [0.4, 0.5) is 10.8 Å². The lowest BCUT2D eigenvalue weighted by molar-refractivity contribution is -0.116. The van der Waals surface area contributed by atoms with Crippen LogP contribution >= 0.6 is 11.3 Å². The highest BCUT2D eigenvalue weighted by atomic mass is 32.2. The summed E-state index contributed by atoms with van der Waals surface area (Å²) in [7, 11) is -3.21. The van der Waals surface area contributed by atoms with Crippen molar-refractivity contribution < 1.29 is 18.0 Å². The van der Waals surface area contributed by atoms with Crippen LogP contribution in [0.1, 0.15) is 39.0 Å². The molecule has 1 fully saturated rings. The summed E-state index contributed by atoms with van der Waals surface area (Å²) < 4.78 is 25.3. The molecule has 1 aliphatic carbocycles. The Morgan fingerprint density at radius 1 is 1.23 bits per heavy atom. The molecular weight excluding hydrogens is 374 g/mol. The molecule has 26 heavy (non-hydrogen) atoms. The number of rotatable bonds is 6. The maximum absolute atomic E-state index is 12.2. The van der Waals surface area contributed by atoms with Gasteiger partial charge in [0.1, 0.15) is 0 Å². The number of anilines is 2. The Hall–Kier alpha value is -2.00. The summed E-state index contributed by atoms with van der Waals surface area (Å²) in [5.74, 6) is -0.639. The molecule has 0 unspecified atom stereocenters. The molecule has 0 spiro atoms. The Morgan fingerprint density at radius 2 is 1.96 bits per heavy atom. The number of thiazole rings is 1. The molecule has 1 aliphatic rings. The highest BCUT2D eigenvalue weighted by Gasteiger charge is 2.28. The molecule has 1 aromatic heterocycles. The lowest BCUT2D eigenvalue weighted by atomic mass is 10.3. The zero-order chi connectivity index (χ0) is 18.7. The second-order valence-electron chi connectivity index (χ2n) is 6.45. The van der Waals surface area contributed by atoms with Crippen molar-refractivity contribution in [2.45, 2.75) is 44.3 Å². The van der Waals surface area contributed by atoms with Gasteiger partial charge in [-0.05, 0) is 31.0 Å². The zero-order valence-corrected chi connectivity index (χ0v) is 16.1. The van der Waals surface area contributed by atoms with Crippen LogP contribution < -0.4 is 10.6 Å². The molecular formula is C17H21N3O4S2. The summed E-state index contributed by atoms with van der Waals surface area (Å²) in [5.41, 5.74) is 1.37. The number of hydrogen-bond donors (Lipinski definition) is 2. The average molecular weight is 396 g/mol. The lowest BCUT2D eigenvalue weighted by Gasteiger charge is -2.10. The second-order valence-corrected chi connectivity index (χ2v) is 9.89. The fourth-order valence-electron chi connectivity index (χ4n) is 3.09. The number of sulfone groups is 1. The van der Waals surface area contributed by atoms with Gasteiger partial charge in [-0.25, -0.2) is 13.4 Å². The van der Waals surface area contributed by atoms with E-state index in [1.165, 1.54) is 18.3 Å². The number of nitrogens with one attached hydrogen (secondary N) is 2. The summed E-state index contributed by atoms with van der Waals surface area (Å²) in [6.45, 7) is 1.43. The number of carbonyl (C=O) groups excluding carboxylic acids is 2. The molecule has 0 atom stereocenters. The Balaban J connectivity index is 1.61. The normalized spacial score (nSPS) is 15.3. The zero-order valence-electron chi connectivity index (χ0n) is 14.4. The lowest BCUT2D eigenvalue weighted by Crippen LogP contribution is -2.24. The van der Waals surface area contributed by atoms with Crippen LogP contribution in [-0.2, 0) is 19.4 Å². The van der Waals surface area contributed by atoms with E-state index in [0.29, 0.717) is 29.2 Å². The van der Waals surface area contributed by atoms with Crippen molar-refractivity contribution in [2.24, 2.45) is 0 Å². The fraction of sp³-hybridized carbons (Fsp3) is 0.471. The minimum Gasteiger partial charge on any atom is -0.326 e. The molecule has 0 aliphatic heterocycles. The van der Waals surface area contributed by atoms with Crippen molar-refractivity contribution in [2.75, 3.05) is 16.4 Å². The van der Waals surface area contributed by atoms with Gasteiger partial charge in [-0.2, -0.15) is 0 Å². The summed E-state index contributed by atoms with van der Waals surface area (Å²) in [5, 5.41) is 5.50. The molecule has 140 valence electrons. The summed E-state index contributed by atoms with van der Waals surface area (Å²) >= 11 is 1.28. The van der Waals surface area contributed by atoms with E-state index in [2.05, 4.69) is 15.6 Å². The van der Waals surface area contributed by atoms with Gasteiger partial charge in [0.2, 0.25) is 11.8 Å². The van der Waals surface area contributed by atoms with Crippen molar-refractivity contribution >= 4 is 54.0 Å². The van der Waals surface area contributed by atoms with Crippen LogP contribution in [-0.4, -0.2) is 36.2 Å². The standard InChI is InChI=1S/C17H21N3O4S2/c1-11(21)18-12-6-7-14-15(10-12)25-17(19-14)20-16(22)8-9-26(23,24)13-4-2-3-5-13/h6-7,10,13H,2-5,8-9H2,1H3,(H,18,21)(H,19,20,22). The van der Waals surface area contributed by atoms with E-state index in [-0.39, 0.29) is 29.2 Å². The first-order chi connectivity index (χ1) is 12.3. The molecule has 0 radical (unpaired) electrons. The van der Waals surface area contributed by atoms with Crippen LogP contribution in [0.15, 0.2) is 18.2 Å². The molecule has 1 heterocycles. The van der Waals surface area contributed by atoms with Crippen LogP contribution in [0.25, 0.3) is 10.2 Å². The monoisotopic (exact) mass is 395 g/mol. The number of aromatic nitrogens is 1. The average Bonchev–Trinajstić information content (AvgIpc) is 3.21. The van der Waals surface area contributed by atoms with Gasteiger partial charge < -0.3 is 10.6 Å². The van der Waals surface area contributed by atoms with Crippen LogP contribution in [0.5, 0.6) is 0 Å². The van der Waals surface area contributed by atoms with Crippen molar-refractivity contribution in [3.05, 3.63) is 18.2 Å². The highest BCUT2D eigenvalue weighted by molar-refractivity contribution is 7.92. The van der Waals surface area contributed by atoms with Gasteiger partial charge in [-0.1, -0.05) is 24.2 Å². The number of benzene rings is 1. The van der Waals surface area contributed by atoms with Crippen molar-refractivity contribution in [1.82, 2.24) is 4.98 Å². The van der Waals surface area contributed by atoms with Crippen molar-refractivity contribution in [1.29, 1.82) is 0 Å². The highest BCUT2D eigenvalue weighted by Crippen LogP contribution is 2.29. The molecule has 9 heteroatoms. The fourth-order valence-corrected chi connectivity index (χ4v) is 5.87. The molecule has 0 saturated heterocycles. The predicted octanol–water partition coefficient (Wildman–Crippen LogP) is 2.94. The number of carbonyl (C=O) groups is 2. The van der Waals surface area contributed by atoms with Gasteiger partial charge in [0.05, 0.1) is 21.2 Å². The smallest absolute Gasteiger partial charge is 0.227 e. The first kappa shape index (κ1) is 18.8. The Bertz CT molecular complexity index is 931. The molecule has 2 N–H and O–H groups in total. The number of hydrogen-bond acceptors (Lipinski definition) is 6. The number of fused-ring (bicyclic) bond motifs is 1. The third kappa shape index (κ3) is 4.59. The van der Waals surface area contributed by atoms with E-state index >= 15 is 0 Å². The number of amides is 2. The van der Waals surface area contributed by atoms with E-state index in [0.717, 1.165) is 17.5 Å². The van der Waals surface area contributed by atoms with E-state index in [1.54, 1.807) is 18.2 Å². The first-order valence-corrected chi connectivity index (χ1v) is 11.1. The molecule has 2 amide bonds. The molecule has 3 rings (SSSR count). The van der Waals surface area contributed by atoms with Gasteiger partial charge in [0.15, 0.2) is 15.0 Å². The van der Waals surface area contributed by atoms with Crippen LogP contribution in [0.2, 0.25) is 0 Å². The van der Waals surface area contributed by atoms with Gasteiger partial charge >= 0.3 is 0 Å². The number of nitrogens with zero attached hydrogens (tertiary/aromatic N) is 1. The minimum atomic E-state index is -3.21. The second kappa shape index (κ2) is 7.71. The largest absolute Gasteiger partial charge is 0.326 e. The Kier molecular flexibility index (Phi) is 5.57. The van der Waals surface area contributed by atoms with E-state index in [1.807, 2.05) is 0 Å². The Morgan fingerprint density at radius 3 is 2.65 bits per heavy atom. The first-order valence-electron chi connectivity index (χ1n) is 8.53. The van der Waals surface area contributed by atoms with Gasteiger partial charge in [-0.3, -0.25) is 9.59 Å². The summed E-state index contributed by atoms with van der Waals surface area (Å²) in [6.07, 6.45) is 3.24. The molecule has 0 bridgehead atoms. The maximum Gasteiger partial charge on any atom is 0.227 e. The minimum absolute atomic E-state index is 0.0636. The van der Waals surface area contributed by atoms with Crippen LogP contribution in [0.3, 0.4) is 0 Å². The SMILES string of the molecule is CC(=O)Nc1ccc2nc(NC(=O)CCS(=O)(=O)C3CCCC3)sc2c1. The van der Waals surface area contributed by atoms with Gasteiger partial charge in [0, 0.05) is 19.0 Å². The Labute approximate surface area is 156 Å². The topological polar surface area (TPSA) is 105 Å². The maximum atomic E-state index is 12.2. The van der Waals surface area contributed by atoms with Crippen molar-refractivity contribution in [3.63, 3.8) is 0 Å². The third-order valence-corrected chi connectivity index (χ3v) is 7.57. The van der Waals surface area contributed by atoms with E-state index < -0.39 is 9.84 Å². The predicted molar refractivity (Wildman–Crippen MR) is 103 cm³/mol. The molecule has 1 aromatic carbocycles. The van der Waals surface area contributed by atoms with E-state index in [9.17, 15) is 18.0 Å². The van der Waals surface area contributed by atoms with Crippen molar-refractivity contribution in [3.8, 4) is 0 Å². The summed E-state index contributed by atoms with van der Waals surface area (Å²) in [4.78, 5) is 27.5. The van der Waals surface area contributed by atoms with Crippen LogP contribution in [0, 0.1) is 0 Å². The quantitative estimate of drug-likeness (QED) is 0.782. The summed E-state index contributed by atoms with van der Waals surface area (Å²) in [6, 6.07) is 5.29. The molecule has 1 saturated carbocycles. The third-order valence-electron chi connectivity index (χ3n) is 4.38. The van der Waals surface area contributed by atoms with E-state index in [4.69, 9.17) is 0 Å². The molecule has 7 nitrogen and oxygen atoms in total.